The molecule has 0 atom stereocenters. The van der Waals surface area contributed by atoms with E-state index in [1.54, 1.807) is 29.9 Å². The maximum absolute atomic E-state index is 12.3. The number of halogens is 3. The van der Waals surface area contributed by atoms with Crippen LogP contribution in [0.15, 0.2) is 30.7 Å². The third-order valence-corrected chi connectivity index (χ3v) is 4.32. The molecule has 0 saturated heterocycles. The average Bonchev–Trinajstić information content (AvgIpc) is 3.05. The highest BCUT2D eigenvalue weighted by Gasteiger charge is 2.27. The molecule has 3 aromatic heterocycles. The molecular weight excluding hydrogens is 415 g/mol. The predicted molar refractivity (Wildman–Crippen MR) is 107 cm³/mol. The number of alkyl halides is 3. The van der Waals surface area contributed by atoms with Gasteiger partial charge >= 0.3 is 6.18 Å². The zero-order valence-corrected chi connectivity index (χ0v) is 17.2. The summed E-state index contributed by atoms with van der Waals surface area (Å²) in [6, 6.07) is 3.45. The summed E-state index contributed by atoms with van der Waals surface area (Å²) in [7, 11) is 0. The number of nitrogens with one attached hydrogen (secondary N) is 1. The molecule has 3 heterocycles. The van der Waals surface area contributed by atoms with Crippen LogP contribution in [0.4, 0.5) is 19.0 Å². The second-order valence-corrected chi connectivity index (χ2v) is 7.61. The maximum Gasteiger partial charge on any atom is 0.392 e. The first kappa shape index (κ1) is 22.5. The quantitative estimate of drug-likeness (QED) is 0.589. The van der Waals surface area contributed by atoms with Gasteiger partial charge in [-0.05, 0) is 38.5 Å². The van der Waals surface area contributed by atoms with Crippen molar-refractivity contribution < 1.29 is 27.8 Å². The number of rotatable bonds is 7. The van der Waals surface area contributed by atoms with Crippen LogP contribution in [-0.2, 0) is 11.3 Å². The first-order chi connectivity index (χ1) is 14.4. The Hall–Kier alpha value is -3.21. The second kappa shape index (κ2) is 8.50. The van der Waals surface area contributed by atoms with E-state index in [0.29, 0.717) is 23.0 Å². The van der Waals surface area contributed by atoms with Crippen molar-refractivity contribution in [1.82, 2.24) is 19.7 Å². The first-order valence-corrected chi connectivity index (χ1v) is 9.43. The summed E-state index contributed by atoms with van der Waals surface area (Å²) in [5, 5.41) is 17.5. The Bertz CT molecular complexity index is 1090. The summed E-state index contributed by atoms with van der Waals surface area (Å²) in [5.74, 6) is -0.167. The minimum Gasteiger partial charge on any atom is -0.477 e. The molecule has 0 aliphatic heterocycles. The zero-order chi connectivity index (χ0) is 22.8. The number of amides is 1. The van der Waals surface area contributed by atoms with E-state index in [1.165, 1.54) is 26.2 Å². The van der Waals surface area contributed by atoms with Crippen LogP contribution in [0.2, 0.25) is 0 Å². The van der Waals surface area contributed by atoms with E-state index in [1.807, 2.05) is 0 Å². The van der Waals surface area contributed by atoms with Crippen molar-refractivity contribution in [2.45, 2.75) is 45.5 Å². The average molecular weight is 437 g/mol. The molecule has 8 nitrogen and oxygen atoms in total. The number of aryl methyl sites for hydroxylation is 1. The van der Waals surface area contributed by atoms with Crippen LogP contribution in [0.25, 0.3) is 10.9 Å². The van der Waals surface area contributed by atoms with E-state index < -0.39 is 30.7 Å². The van der Waals surface area contributed by atoms with Gasteiger partial charge in [0.1, 0.15) is 11.4 Å². The van der Waals surface area contributed by atoms with Gasteiger partial charge in [0.2, 0.25) is 5.88 Å². The van der Waals surface area contributed by atoms with Gasteiger partial charge < -0.3 is 15.2 Å². The summed E-state index contributed by atoms with van der Waals surface area (Å²) in [4.78, 5) is 20.3. The number of hydrogen-bond donors (Lipinski definition) is 2. The Morgan fingerprint density at radius 2 is 2.03 bits per heavy atom. The Kier molecular flexibility index (Phi) is 6.16. The minimum atomic E-state index is -4.28. The third-order valence-electron chi connectivity index (χ3n) is 4.32. The molecule has 3 aromatic rings. The lowest BCUT2D eigenvalue weighted by Crippen LogP contribution is -2.36. The molecule has 2 N–H and O–H groups in total. The van der Waals surface area contributed by atoms with E-state index in [0.717, 1.165) is 5.56 Å². The summed E-state index contributed by atoms with van der Waals surface area (Å²) >= 11 is 0. The van der Waals surface area contributed by atoms with Crippen molar-refractivity contribution in [3.8, 4) is 5.88 Å². The van der Waals surface area contributed by atoms with Crippen molar-refractivity contribution in [1.29, 1.82) is 0 Å². The Balaban J connectivity index is 1.74. The van der Waals surface area contributed by atoms with Gasteiger partial charge in [-0.2, -0.15) is 18.3 Å². The normalized spacial score (nSPS) is 12.2. The summed E-state index contributed by atoms with van der Waals surface area (Å²) in [6.45, 7) is 4.29. The van der Waals surface area contributed by atoms with E-state index >= 15 is 0 Å². The van der Waals surface area contributed by atoms with Crippen molar-refractivity contribution in [2.24, 2.45) is 0 Å². The number of hydrogen-bond acceptors (Lipinski definition) is 6. The van der Waals surface area contributed by atoms with Crippen LogP contribution in [0.5, 0.6) is 5.88 Å². The van der Waals surface area contributed by atoms with Crippen molar-refractivity contribution in [2.75, 3.05) is 11.9 Å². The second-order valence-electron chi connectivity index (χ2n) is 7.61. The van der Waals surface area contributed by atoms with E-state index in [4.69, 9.17) is 4.74 Å². The molecule has 0 unspecified atom stereocenters. The zero-order valence-electron chi connectivity index (χ0n) is 17.2. The molecule has 0 bridgehead atoms. The number of nitrogens with zero attached hydrogens (tertiary/aromatic N) is 4. The fourth-order valence-corrected chi connectivity index (χ4v) is 2.74. The summed E-state index contributed by atoms with van der Waals surface area (Å²) in [6.07, 6.45) is -0.618. The summed E-state index contributed by atoms with van der Waals surface area (Å²) < 4.78 is 43.5. The van der Waals surface area contributed by atoms with E-state index in [2.05, 4.69) is 20.4 Å². The SMILES string of the molecule is Cc1cc(Cn2cc3c(NC(=O)C(C)(C)O)nccc3n2)cnc1OCCC(F)(F)F. The van der Waals surface area contributed by atoms with Crippen molar-refractivity contribution in [3.05, 3.63) is 41.9 Å². The number of fused-ring (bicyclic) bond motifs is 1. The van der Waals surface area contributed by atoms with Crippen LogP contribution >= 0.6 is 0 Å². The third kappa shape index (κ3) is 5.91. The predicted octanol–water partition coefficient (Wildman–Crippen LogP) is 3.22. The monoisotopic (exact) mass is 437 g/mol. The largest absolute Gasteiger partial charge is 0.477 e. The Morgan fingerprint density at radius 3 is 2.68 bits per heavy atom. The number of anilines is 1. The van der Waals surface area contributed by atoms with Gasteiger partial charge in [0.15, 0.2) is 0 Å². The standard InChI is InChI=1S/C20H22F3N5O3/c1-12-8-13(9-25-17(12)31-7-5-20(21,22)23)10-28-11-14-15(27-28)4-6-24-16(14)26-18(29)19(2,3)30/h4,6,8-9,11,30H,5,7,10H2,1-3H3,(H,24,26,29). The molecule has 1 amide bonds. The molecular formula is C20H22F3N5O3. The maximum atomic E-state index is 12.3. The minimum absolute atomic E-state index is 0.152. The van der Waals surface area contributed by atoms with Gasteiger partial charge in [0.25, 0.3) is 5.91 Å². The summed E-state index contributed by atoms with van der Waals surface area (Å²) in [5.41, 5.74) is 0.407. The van der Waals surface area contributed by atoms with Crippen molar-refractivity contribution in [3.63, 3.8) is 0 Å². The number of ether oxygens (including phenoxy) is 1. The van der Waals surface area contributed by atoms with Gasteiger partial charge in [-0.15, -0.1) is 0 Å². The van der Waals surface area contributed by atoms with Gasteiger partial charge in [0, 0.05) is 24.2 Å². The Labute approximate surface area is 176 Å². The molecule has 166 valence electrons. The highest BCUT2D eigenvalue weighted by Crippen LogP contribution is 2.23. The van der Waals surface area contributed by atoms with Crippen LogP contribution in [0.1, 0.15) is 31.4 Å². The molecule has 3 rings (SSSR count). The van der Waals surface area contributed by atoms with Gasteiger partial charge in [0.05, 0.1) is 30.5 Å². The number of aromatic nitrogens is 4. The molecule has 0 spiro atoms. The number of aliphatic hydroxyl groups is 1. The molecule has 0 saturated carbocycles. The van der Waals surface area contributed by atoms with Crippen LogP contribution in [-0.4, -0.2) is 49.1 Å². The van der Waals surface area contributed by atoms with Crippen molar-refractivity contribution >= 4 is 22.6 Å². The first-order valence-electron chi connectivity index (χ1n) is 9.43. The number of pyridine rings is 2. The topological polar surface area (TPSA) is 102 Å². The molecule has 0 aromatic carbocycles. The van der Waals surface area contributed by atoms with Gasteiger partial charge in [-0.25, -0.2) is 9.97 Å². The molecule has 31 heavy (non-hydrogen) atoms. The highest BCUT2D eigenvalue weighted by atomic mass is 19.4. The molecule has 0 fully saturated rings. The Morgan fingerprint density at radius 1 is 1.29 bits per heavy atom. The molecule has 0 aliphatic rings. The van der Waals surface area contributed by atoms with Crippen LogP contribution in [0, 0.1) is 6.92 Å². The van der Waals surface area contributed by atoms with E-state index in [-0.39, 0.29) is 11.7 Å². The van der Waals surface area contributed by atoms with Gasteiger partial charge in [-0.3, -0.25) is 9.48 Å². The lowest BCUT2D eigenvalue weighted by atomic mass is 10.1. The fraction of sp³-hybridized carbons (Fsp3) is 0.400. The number of carbonyl (C=O) groups is 1. The van der Waals surface area contributed by atoms with E-state index in [9.17, 15) is 23.1 Å². The van der Waals surface area contributed by atoms with Gasteiger partial charge in [-0.1, -0.05) is 0 Å². The lowest BCUT2D eigenvalue weighted by molar-refractivity contribution is -0.139. The molecule has 0 radical (unpaired) electrons. The van der Waals surface area contributed by atoms with Crippen LogP contribution < -0.4 is 10.1 Å². The fourth-order valence-electron chi connectivity index (χ4n) is 2.74. The van der Waals surface area contributed by atoms with Crippen LogP contribution in [0.3, 0.4) is 0 Å². The highest BCUT2D eigenvalue weighted by molar-refractivity contribution is 6.02. The smallest absolute Gasteiger partial charge is 0.392 e. The molecule has 11 heteroatoms. The lowest BCUT2D eigenvalue weighted by Gasteiger charge is -2.16. The number of carbonyl (C=O) groups excluding carboxylic acids is 1. The molecule has 0 aliphatic carbocycles.